The van der Waals surface area contributed by atoms with E-state index in [4.69, 9.17) is 9.26 Å². The Labute approximate surface area is 172 Å². The molecule has 2 aromatic carbocycles. The number of halogens is 1. The first kappa shape index (κ1) is 19.6. The Morgan fingerprint density at radius 2 is 2.07 bits per heavy atom. The van der Waals surface area contributed by atoms with E-state index in [0.29, 0.717) is 29.6 Å². The van der Waals surface area contributed by atoms with Crippen molar-refractivity contribution < 1.29 is 18.4 Å². The molecule has 30 heavy (non-hydrogen) atoms. The third-order valence-corrected chi connectivity index (χ3v) is 4.71. The molecule has 0 unspecified atom stereocenters. The van der Waals surface area contributed by atoms with Crippen molar-refractivity contribution in [2.24, 2.45) is 0 Å². The molecule has 0 aliphatic carbocycles. The van der Waals surface area contributed by atoms with Gasteiger partial charge in [-0.05, 0) is 37.6 Å². The maximum atomic E-state index is 13.4. The van der Waals surface area contributed by atoms with Gasteiger partial charge in [-0.25, -0.2) is 9.37 Å². The standard InChI is InChI=1S/C22H21FN4O3/c1-3-11-27-19-10-5-4-9-18(19)24-22(27)25-21(28)20-17(14(2)30-26-20)13-29-16-8-6-7-15(23)12-16/h4-10,12H,3,11,13H2,1-2H3,(H,24,25,28). The van der Waals surface area contributed by atoms with Crippen LogP contribution in [0.2, 0.25) is 0 Å². The number of para-hydroxylation sites is 2. The van der Waals surface area contributed by atoms with Crippen LogP contribution in [0.1, 0.15) is 35.2 Å². The van der Waals surface area contributed by atoms with Crippen LogP contribution in [0, 0.1) is 12.7 Å². The molecular formula is C22H21FN4O3. The smallest absolute Gasteiger partial charge is 0.280 e. The molecule has 8 heteroatoms. The zero-order valence-electron chi connectivity index (χ0n) is 16.7. The fourth-order valence-corrected chi connectivity index (χ4v) is 3.23. The molecule has 2 aromatic heterocycles. The summed E-state index contributed by atoms with van der Waals surface area (Å²) in [6, 6.07) is 13.5. The van der Waals surface area contributed by atoms with E-state index >= 15 is 0 Å². The zero-order chi connectivity index (χ0) is 21.1. The molecule has 7 nitrogen and oxygen atoms in total. The number of aryl methyl sites for hydroxylation is 2. The van der Waals surface area contributed by atoms with Gasteiger partial charge in [0, 0.05) is 12.6 Å². The maximum Gasteiger partial charge on any atom is 0.280 e. The van der Waals surface area contributed by atoms with E-state index in [-0.39, 0.29) is 12.3 Å². The SMILES string of the molecule is CCCn1c(NC(=O)c2noc(C)c2COc2cccc(F)c2)nc2ccccc21. The number of anilines is 1. The highest BCUT2D eigenvalue weighted by Crippen LogP contribution is 2.23. The number of hydrogen-bond donors (Lipinski definition) is 1. The van der Waals surface area contributed by atoms with Crippen LogP contribution in [-0.4, -0.2) is 20.6 Å². The third kappa shape index (κ3) is 3.89. The number of carbonyl (C=O) groups is 1. The van der Waals surface area contributed by atoms with Crippen LogP contribution in [-0.2, 0) is 13.2 Å². The van der Waals surface area contributed by atoms with E-state index in [1.54, 1.807) is 19.1 Å². The van der Waals surface area contributed by atoms with Crippen LogP contribution in [0.4, 0.5) is 10.3 Å². The number of carbonyl (C=O) groups excluding carboxylic acids is 1. The van der Waals surface area contributed by atoms with Crippen molar-refractivity contribution in [2.75, 3.05) is 5.32 Å². The van der Waals surface area contributed by atoms with Gasteiger partial charge in [-0.1, -0.05) is 30.3 Å². The first-order chi connectivity index (χ1) is 14.6. The monoisotopic (exact) mass is 408 g/mol. The summed E-state index contributed by atoms with van der Waals surface area (Å²) in [4.78, 5) is 17.5. The van der Waals surface area contributed by atoms with Crippen LogP contribution in [0.15, 0.2) is 53.1 Å². The van der Waals surface area contributed by atoms with Gasteiger partial charge in [0.1, 0.15) is 23.9 Å². The molecule has 0 fully saturated rings. The normalized spacial score (nSPS) is 11.0. The third-order valence-electron chi connectivity index (χ3n) is 4.71. The van der Waals surface area contributed by atoms with Gasteiger partial charge in [0.2, 0.25) is 5.95 Å². The number of imidazole rings is 1. The van der Waals surface area contributed by atoms with E-state index in [0.717, 1.165) is 17.5 Å². The highest BCUT2D eigenvalue weighted by Gasteiger charge is 2.22. The zero-order valence-corrected chi connectivity index (χ0v) is 16.7. The molecule has 0 saturated carbocycles. The minimum atomic E-state index is -0.447. The summed E-state index contributed by atoms with van der Waals surface area (Å²) in [7, 11) is 0. The fraction of sp³-hybridized carbons (Fsp3) is 0.227. The first-order valence-electron chi connectivity index (χ1n) is 9.67. The van der Waals surface area contributed by atoms with Crippen molar-refractivity contribution in [3.05, 3.63) is 71.4 Å². The summed E-state index contributed by atoms with van der Waals surface area (Å²) >= 11 is 0. The summed E-state index contributed by atoms with van der Waals surface area (Å²) in [5.74, 6) is 0.408. The molecule has 0 atom stereocenters. The quantitative estimate of drug-likeness (QED) is 0.479. The summed E-state index contributed by atoms with van der Waals surface area (Å²) in [6.45, 7) is 4.49. The van der Waals surface area contributed by atoms with Crippen molar-refractivity contribution in [2.45, 2.75) is 33.4 Å². The van der Waals surface area contributed by atoms with Crippen LogP contribution in [0.3, 0.4) is 0 Å². The highest BCUT2D eigenvalue weighted by atomic mass is 19.1. The van der Waals surface area contributed by atoms with E-state index < -0.39 is 11.7 Å². The Morgan fingerprint density at radius 3 is 2.87 bits per heavy atom. The molecule has 0 bridgehead atoms. The molecular weight excluding hydrogens is 387 g/mol. The second-order valence-electron chi connectivity index (χ2n) is 6.84. The number of benzene rings is 2. The highest BCUT2D eigenvalue weighted by molar-refractivity contribution is 6.03. The molecule has 4 rings (SSSR count). The number of amides is 1. The van der Waals surface area contributed by atoms with Gasteiger partial charge in [-0.3, -0.25) is 10.1 Å². The van der Waals surface area contributed by atoms with Gasteiger partial charge in [0.25, 0.3) is 5.91 Å². The number of hydrogen-bond acceptors (Lipinski definition) is 5. The van der Waals surface area contributed by atoms with Crippen LogP contribution in [0.25, 0.3) is 11.0 Å². The molecule has 1 N–H and O–H groups in total. The Morgan fingerprint density at radius 1 is 1.23 bits per heavy atom. The average Bonchev–Trinajstić information content (AvgIpc) is 3.27. The number of fused-ring (bicyclic) bond motifs is 1. The summed E-state index contributed by atoms with van der Waals surface area (Å²) in [6.07, 6.45) is 0.888. The van der Waals surface area contributed by atoms with Crippen molar-refractivity contribution in [3.63, 3.8) is 0 Å². The average molecular weight is 408 g/mol. The minimum absolute atomic E-state index is 0.0208. The van der Waals surface area contributed by atoms with E-state index in [9.17, 15) is 9.18 Å². The molecule has 2 heterocycles. The fourth-order valence-electron chi connectivity index (χ4n) is 3.23. The lowest BCUT2D eigenvalue weighted by Gasteiger charge is -2.09. The molecule has 0 aliphatic heterocycles. The second-order valence-corrected chi connectivity index (χ2v) is 6.84. The van der Waals surface area contributed by atoms with Gasteiger partial charge < -0.3 is 13.8 Å². The largest absolute Gasteiger partial charge is 0.489 e. The van der Waals surface area contributed by atoms with Crippen molar-refractivity contribution >= 4 is 22.9 Å². The van der Waals surface area contributed by atoms with Crippen molar-refractivity contribution in [1.82, 2.24) is 14.7 Å². The minimum Gasteiger partial charge on any atom is -0.489 e. The Balaban J connectivity index is 1.57. The second kappa shape index (κ2) is 8.36. The summed E-state index contributed by atoms with van der Waals surface area (Å²) < 4.78 is 26.2. The molecule has 4 aromatic rings. The van der Waals surface area contributed by atoms with Crippen molar-refractivity contribution in [3.8, 4) is 5.75 Å². The lowest BCUT2D eigenvalue weighted by atomic mass is 10.2. The molecule has 0 spiro atoms. The van der Waals surface area contributed by atoms with Crippen LogP contribution < -0.4 is 10.1 Å². The van der Waals surface area contributed by atoms with Gasteiger partial charge >= 0.3 is 0 Å². The Kier molecular flexibility index (Phi) is 5.47. The Hall–Kier alpha value is -3.68. The molecule has 154 valence electrons. The topological polar surface area (TPSA) is 82.2 Å². The molecule has 1 amide bonds. The maximum absolute atomic E-state index is 13.4. The first-order valence-corrected chi connectivity index (χ1v) is 9.67. The lowest BCUT2D eigenvalue weighted by Crippen LogP contribution is -2.18. The van der Waals surface area contributed by atoms with Gasteiger partial charge in [0.05, 0.1) is 16.6 Å². The lowest BCUT2D eigenvalue weighted by molar-refractivity contribution is 0.101. The van der Waals surface area contributed by atoms with Crippen molar-refractivity contribution in [1.29, 1.82) is 0 Å². The Bertz CT molecular complexity index is 1200. The molecule has 0 aliphatic rings. The summed E-state index contributed by atoms with van der Waals surface area (Å²) in [5.41, 5.74) is 2.35. The van der Waals surface area contributed by atoms with Gasteiger partial charge in [-0.2, -0.15) is 0 Å². The predicted octanol–water partition coefficient (Wildman–Crippen LogP) is 4.71. The predicted molar refractivity (Wildman–Crippen MR) is 110 cm³/mol. The summed E-state index contributed by atoms with van der Waals surface area (Å²) in [5, 5.41) is 6.73. The van der Waals surface area contributed by atoms with E-state index in [1.807, 2.05) is 28.8 Å². The number of ether oxygens (including phenoxy) is 1. The van der Waals surface area contributed by atoms with E-state index in [1.165, 1.54) is 12.1 Å². The van der Waals surface area contributed by atoms with E-state index in [2.05, 4.69) is 22.4 Å². The number of nitrogens with zero attached hydrogens (tertiary/aromatic N) is 3. The van der Waals surface area contributed by atoms with Gasteiger partial charge in [0.15, 0.2) is 5.69 Å². The molecule has 0 radical (unpaired) electrons. The number of aromatic nitrogens is 3. The number of rotatable bonds is 7. The molecule has 0 saturated heterocycles. The van der Waals surface area contributed by atoms with Crippen LogP contribution >= 0.6 is 0 Å². The number of nitrogens with one attached hydrogen (secondary N) is 1. The van der Waals surface area contributed by atoms with Gasteiger partial charge in [-0.15, -0.1) is 0 Å². The van der Waals surface area contributed by atoms with Crippen LogP contribution in [0.5, 0.6) is 5.75 Å².